The topological polar surface area (TPSA) is 149 Å². The maximum absolute atomic E-state index is 11.3. The Morgan fingerprint density at radius 2 is 1.44 bits per heavy atom. The highest BCUT2D eigenvalue weighted by atomic mass is 16.6. The molecule has 1 aromatic heterocycles. The number of hydrazone groups is 1. The second-order valence-corrected chi connectivity index (χ2v) is 7.18. The summed E-state index contributed by atoms with van der Waals surface area (Å²) in [5.74, 6) is 1.49. The molecule has 182 valence electrons. The number of methoxy groups -OCH3 is 2. The first-order valence-corrected chi connectivity index (χ1v) is 10.7. The largest absolute Gasteiger partial charge is 0.497 e. The predicted octanol–water partition coefficient (Wildman–Crippen LogP) is 4.73. The van der Waals surface area contributed by atoms with E-state index >= 15 is 0 Å². The van der Waals surface area contributed by atoms with E-state index in [1.54, 1.807) is 19.2 Å². The van der Waals surface area contributed by atoms with Crippen LogP contribution < -0.4 is 25.5 Å². The summed E-state index contributed by atoms with van der Waals surface area (Å²) in [4.78, 5) is 23.9. The summed E-state index contributed by atoms with van der Waals surface area (Å²) >= 11 is 0. The van der Waals surface area contributed by atoms with Gasteiger partial charge in [0.05, 0.1) is 25.4 Å². The van der Waals surface area contributed by atoms with E-state index < -0.39 is 4.92 Å². The van der Waals surface area contributed by atoms with Gasteiger partial charge in [-0.05, 0) is 42.5 Å². The van der Waals surface area contributed by atoms with Gasteiger partial charge in [0.25, 0.3) is 0 Å². The molecule has 3 N–H and O–H groups in total. The molecule has 0 aliphatic rings. The monoisotopic (exact) mass is 486 g/mol. The Morgan fingerprint density at radius 1 is 0.806 bits per heavy atom. The van der Waals surface area contributed by atoms with Crippen LogP contribution in [-0.4, -0.2) is 40.3 Å². The van der Waals surface area contributed by atoms with E-state index in [0.717, 1.165) is 17.1 Å². The fourth-order valence-electron chi connectivity index (χ4n) is 3.16. The van der Waals surface area contributed by atoms with Crippen molar-refractivity contribution in [3.8, 4) is 11.5 Å². The van der Waals surface area contributed by atoms with Crippen LogP contribution in [-0.2, 0) is 0 Å². The van der Waals surface area contributed by atoms with Crippen molar-refractivity contribution in [3.63, 3.8) is 0 Å². The first kappa shape index (κ1) is 23.9. The summed E-state index contributed by atoms with van der Waals surface area (Å²) in [6, 6.07) is 21.2. The van der Waals surface area contributed by atoms with Crippen LogP contribution in [0.3, 0.4) is 0 Å². The summed E-state index contributed by atoms with van der Waals surface area (Å²) in [7, 11) is 2.95. The zero-order chi connectivity index (χ0) is 25.3. The number of anilines is 5. The minimum atomic E-state index is -0.520. The molecule has 0 spiro atoms. The highest BCUT2D eigenvalue weighted by molar-refractivity contribution is 5.86. The molecular formula is C24H22N8O4. The number of nitro groups is 1. The molecule has 36 heavy (non-hydrogen) atoms. The Bertz CT molecular complexity index is 1360. The molecule has 0 radical (unpaired) electrons. The van der Waals surface area contributed by atoms with E-state index in [4.69, 9.17) is 9.47 Å². The number of aromatic nitrogens is 3. The predicted molar refractivity (Wildman–Crippen MR) is 137 cm³/mol. The molecular weight excluding hydrogens is 464 g/mol. The van der Waals surface area contributed by atoms with Crippen LogP contribution in [0.15, 0.2) is 77.9 Å². The first-order chi connectivity index (χ1) is 17.6. The van der Waals surface area contributed by atoms with Gasteiger partial charge in [0, 0.05) is 23.0 Å². The second-order valence-electron chi connectivity index (χ2n) is 7.18. The van der Waals surface area contributed by atoms with Gasteiger partial charge < -0.3 is 20.1 Å². The number of nitrogens with one attached hydrogen (secondary N) is 3. The molecule has 12 nitrogen and oxygen atoms in total. The molecule has 0 unspecified atom stereocenters. The molecule has 0 bridgehead atoms. The number of nitro benzene ring substituents is 1. The van der Waals surface area contributed by atoms with E-state index in [-0.39, 0.29) is 29.3 Å². The van der Waals surface area contributed by atoms with Crippen LogP contribution in [0.2, 0.25) is 0 Å². The van der Waals surface area contributed by atoms with Gasteiger partial charge in [-0.15, -0.1) is 0 Å². The van der Waals surface area contributed by atoms with Crippen LogP contribution in [0.25, 0.3) is 0 Å². The summed E-state index contributed by atoms with van der Waals surface area (Å²) < 4.78 is 10.4. The Kier molecular flexibility index (Phi) is 7.46. The zero-order valence-corrected chi connectivity index (χ0v) is 19.4. The van der Waals surface area contributed by atoms with Crippen molar-refractivity contribution in [2.24, 2.45) is 5.10 Å². The highest BCUT2D eigenvalue weighted by Crippen LogP contribution is 2.29. The minimum Gasteiger partial charge on any atom is -0.497 e. The van der Waals surface area contributed by atoms with E-state index in [9.17, 15) is 10.1 Å². The van der Waals surface area contributed by atoms with Gasteiger partial charge in [-0.1, -0.05) is 24.3 Å². The van der Waals surface area contributed by atoms with Crippen LogP contribution >= 0.6 is 0 Å². The third-order valence-electron chi connectivity index (χ3n) is 4.81. The van der Waals surface area contributed by atoms with Gasteiger partial charge in [0.15, 0.2) is 0 Å². The maximum Gasteiger partial charge on any atom is 0.311 e. The highest BCUT2D eigenvalue weighted by Gasteiger charge is 2.17. The summed E-state index contributed by atoms with van der Waals surface area (Å²) in [6.07, 6.45) is 1.39. The van der Waals surface area contributed by atoms with Crippen molar-refractivity contribution in [2.75, 3.05) is 30.3 Å². The molecule has 1 heterocycles. The number of hydrogen-bond donors (Lipinski definition) is 3. The summed E-state index contributed by atoms with van der Waals surface area (Å²) in [5, 5.41) is 21.6. The number of para-hydroxylation sites is 2. The lowest BCUT2D eigenvalue weighted by molar-refractivity contribution is -0.385. The number of rotatable bonds is 10. The van der Waals surface area contributed by atoms with E-state index in [2.05, 4.69) is 36.1 Å². The summed E-state index contributed by atoms with van der Waals surface area (Å²) in [6.45, 7) is 0. The van der Waals surface area contributed by atoms with Gasteiger partial charge in [-0.25, -0.2) is 5.43 Å². The fourth-order valence-corrected chi connectivity index (χ4v) is 3.16. The van der Waals surface area contributed by atoms with Crippen LogP contribution in [0.5, 0.6) is 11.5 Å². The SMILES string of the molecule is COc1ccc(Nc2nc(N/N=C\c3cccc([N+](=O)[O-])c3OC)nc(Nc3ccccc3)n2)cc1. The van der Waals surface area contributed by atoms with E-state index in [0.29, 0.717) is 5.56 Å². The lowest BCUT2D eigenvalue weighted by Crippen LogP contribution is -2.07. The Labute approximate surface area is 206 Å². The van der Waals surface area contributed by atoms with Crippen molar-refractivity contribution in [3.05, 3.63) is 88.5 Å². The van der Waals surface area contributed by atoms with Crippen molar-refractivity contribution in [1.29, 1.82) is 0 Å². The molecule has 3 aromatic carbocycles. The molecule has 0 saturated heterocycles. The number of benzene rings is 3. The molecule has 0 fully saturated rings. The third kappa shape index (κ3) is 5.99. The summed E-state index contributed by atoms with van der Waals surface area (Å²) in [5.41, 5.74) is 4.52. The van der Waals surface area contributed by atoms with Crippen molar-refractivity contribution in [1.82, 2.24) is 15.0 Å². The molecule has 0 aliphatic heterocycles. The number of hydrogen-bond acceptors (Lipinski definition) is 11. The lowest BCUT2D eigenvalue weighted by atomic mass is 10.2. The smallest absolute Gasteiger partial charge is 0.311 e. The number of ether oxygens (including phenoxy) is 2. The Balaban J connectivity index is 1.60. The normalized spacial score (nSPS) is 10.6. The van der Waals surface area contributed by atoms with Gasteiger partial charge in [0.2, 0.25) is 23.6 Å². The molecule has 0 saturated carbocycles. The quantitative estimate of drug-likeness (QED) is 0.163. The van der Waals surface area contributed by atoms with Crippen molar-refractivity contribution < 1.29 is 14.4 Å². The first-order valence-electron chi connectivity index (χ1n) is 10.7. The van der Waals surface area contributed by atoms with Gasteiger partial charge in [-0.3, -0.25) is 10.1 Å². The molecule has 0 aliphatic carbocycles. The van der Waals surface area contributed by atoms with E-state index in [1.807, 2.05) is 54.6 Å². The van der Waals surface area contributed by atoms with Crippen LogP contribution in [0, 0.1) is 10.1 Å². The average Bonchev–Trinajstić information content (AvgIpc) is 2.89. The average molecular weight is 486 g/mol. The molecule has 0 atom stereocenters. The third-order valence-corrected chi connectivity index (χ3v) is 4.81. The second kappa shape index (κ2) is 11.2. The Morgan fingerprint density at radius 3 is 2.06 bits per heavy atom. The van der Waals surface area contributed by atoms with Crippen molar-refractivity contribution in [2.45, 2.75) is 0 Å². The zero-order valence-electron chi connectivity index (χ0n) is 19.4. The van der Waals surface area contributed by atoms with Crippen LogP contribution in [0.4, 0.5) is 34.9 Å². The van der Waals surface area contributed by atoms with Crippen LogP contribution in [0.1, 0.15) is 5.56 Å². The molecule has 4 rings (SSSR count). The van der Waals surface area contributed by atoms with Gasteiger partial charge in [0.1, 0.15) is 5.75 Å². The molecule has 12 heteroatoms. The lowest BCUT2D eigenvalue weighted by Gasteiger charge is -2.10. The number of nitrogens with zero attached hydrogens (tertiary/aromatic N) is 5. The fraction of sp³-hybridized carbons (Fsp3) is 0.0833. The standard InChI is InChI=1S/C24H22N8O4/c1-35-19-13-11-18(12-14-19)27-23-28-22(26-17-8-4-3-5-9-17)29-24(30-23)31-25-15-16-7-6-10-20(32(33)34)21(16)36-2/h3-15H,1-2H3,(H3,26,27,28,29,30,31)/b25-15-. The molecule has 0 amide bonds. The van der Waals surface area contributed by atoms with Crippen molar-refractivity contribution >= 4 is 41.1 Å². The van der Waals surface area contributed by atoms with Gasteiger partial charge >= 0.3 is 5.69 Å². The maximum atomic E-state index is 11.3. The Hall–Kier alpha value is -5.26. The van der Waals surface area contributed by atoms with E-state index in [1.165, 1.54) is 19.4 Å². The minimum absolute atomic E-state index is 0.0944. The molecule has 4 aromatic rings. The van der Waals surface area contributed by atoms with Gasteiger partial charge in [-0.2, -0.15) is 20.1 Å².